The average molecular weight is 349 g/mol. The van der Waals surface area contributed by atoms with E-state index in [0.29, 0.717) is 23.7 Å². The number of guanidine groups is 1. The largest absolute Gasteiger partial charge is 0.354 e. The highest BCUT2D eigenvalue weighted by atomic mass is 19.1. The summed E-state index contributed by atoms with van der Waals surface area (Å²) >= 11 is 0. The number of halogens is 1. The number of aliphatic imine (C=N–C) groups is 1. The predicted molar refractivity (Wildman–Crippen MR) is 99.3 cm³/mol. The molecule has 25 heavy (non-hydrogen) atoms. The van der Waals surface area contributed by atoms with Crippen LogP contribution >= 0.6 is 0 Å². The van der Waals surface area contributed by atoms with Crippen molar-refractivity contribution in [2.75, 3.05) is 32.0 Å². The van der Waals surface area contributed by atoms with Crippen LogP contribution in [0.15, 0.2) is 29.3 Å². The van der Waals surface area contributed by atoms with Gasteiger partial charge in [-0.15, -0.1) is 0 Å². The Balaban J connectivity index is 1.73. The van der Waals surface area contributed by atoms with Gasteiger partial charge >= 0.3 is 0 Å². The van der Waals surface area contributed by atoms with Crippen molar-refractivity contribution in [1.29, 1.82) is 0 Å². The van der Waals surface area contributed by atoms with Gasteiger partial charge in [-0.3, -0.25) is 9.79 Å². The lowest BCUT2D eigenvalue weighted by Gasteiger charge is -2.35. The average Bonchev–Trinajstić information content (AvgIpc) is 2.61. The maximum Gasteiger partial charge on any atom is 0.243 e. The van der Waals surface area contributed by atoms with Crippen LogP contribution in [0.3, 0.4) is 0 Å². The maximum absolute atomic E-state index is 12.9. The highest BCUT2D eigenvalue weighted by Gasteiger charge is 2.21. The summed E-state index contributed by atoms with van der Waals surface area (Å²) in [5.74, 6) is 0.0886. The van der Waals surface area contributed by atoms with Crippen LogP contribution in [0.5, 0.6) is 0 Å². The first-order chi connectivity index (χ1) is 12.0. The Morgan fingerprint density at radius 3 is 2.48 bits per heavy atom. The van der Waals surface area contributed by atoms with Crippen molar-refractivity contribution >= 4 is 17.6 Å². The lowest BCUT2D eigenvalue weighted by Crippen LogP contribution is -2.50. The first-order valence-electron chi connectivity index (χ1n) is 8.74. The number of nitrogens with one attached hydrogen (secondary N) is 3. The van der Waals surface area contributed by atoms with Crippen molar-refractivity contribution in [3.05, 3.63) is 30.1 Å². The van der Waals surface area contributed by atoms with Gasteiger partial charge in [-0.2, -0.15) is 0 Å². The van der Waals surface area contributed by atoms with Gasteiger partial charge in [-0.1, -0.05) is 0 Å². The van der Waals surface area contributed by atoms with E-state index in [1.807, 2.05) is 0 Å². The number of hydrogen-bond acceptors (Lipinski definition) is 3. The van der Waals surface area contributed by atoms with E-state index in [4.69, 9.17) is 0 Å². The van der Waals surface area contributed by atoms with Crippen LogP contribution in [0.4, 0.5) is 10.1 Å². The fraction of sp³-hybridized carbons (Fsp3) is 0.556. The number of carbonyl (C=O) groups is 1. The lowest BCUT2D eigenvalue weighted by atomic mass is 10.0. The predicted octanol–water partition coefficient (Wildman–Crippen LogP) is 1.80. The van der Waals surface area contributed by atoms with Crippen molar-refractivity contribution in [3.8, 4) is 0 Å². The van der Waals surface area contributed by atoms with E-state index in [-0.39, 0.29) is 18.3 Å². The molecular weight excluding hydrogens is 321 g/mol. The van der Waals surface area contributed by atoms with Gasteiger partial charge < -0.3 is 20.9 Å². The zero-order valence-electron chi connectivity index (χ0n) is 15.2. The Bertz CT molecular complexity index is 580. The van der Waals surface area contributed by atoms with Crippen LogP contribution < -0.4 is 16.0 Å². The zero-order chi connectivity index (χ0) is 18.2. The smallest absolute Gasteiger partial charge is 0.243 e. The number of benzene rings is 1. The summed E-state index contributed by atoms with van der Waals surface area (Å²) < 4.78 is 12.9. The SMILES string of the molecule is CN=C(NCC(=O)Nc1ccc(F)cc1)NC1CCN(C(C)C)CC1. The Hall–Kier alpha value is -2.15. The molecule has 3 N–H and O–H groups in total. The first-order valence-corrected chi connectivity index (χ1v) is 8.74. The van der Waals surface area contributed by atoms with Gasteiger partial charge in [-0.25, -0.2) is 4.39 Å². The molecule has 1 aromatic rings. The molecule has 1 amide bonds. The van der Waals surface area contributed by atoms with Crippen molar-refractivity contribution in [1.82, 2.24) is 15.5 Å². The van der Waals surface area contributed by atoms with Gasteiger partial charge in [0.15, 0.2) is 5.96 Å². The molecule has 7 heteroatoms. The Kier molecular flexibility index (Phi) is 7.18. The van der Waals surface area contributed by atoms with Crippen LogP contribution in [0.25, 0.3) is 0 Å². The Morgan fingerprint density at radius 1 is 1.28 bits per heavy atom. The molecule has 2 rings (SSSR count). The van der Waals surface area contributed by atoms with Crippen LogP contribution in [0.1, 0.15) is 26.7 Å². The van der Waals surface area contributed by atoms with E-state index in [1.54, 1.807) is 7.05 Å². The van der Waals surface area contributed by atoms with Crippen LogP contribution in [0, 0.1) is 5.82 Å². The number of hydrogen-bond donors (Lipinski definition) is 3. The number of likely N-dealkylation sites (tertiary alicyclic amines) is 1. The van der Waals surface area contributed by atoms with Crippen LogP contribution in [-0.4, -0.2) is 55.5 Å². The normalized spacial score (nSPS) is 16.8. The Morgan fingerprint density at radius 2 is 1.92 bits per heavy atom. The molecule has 1 aliphatic rings. The third kappa shape index (κ3) is 6.34. The van der Waals surface area contributed by atoms with Gasteiger partial charge in [0, 0.05) is 37.9 Å². The molecule has 0 saturated carbocycles. The molecule has 6 nitrogen and oxygen atoms in total. The monoisotopic (exact) mass is 349 g/mol. The molecule has 0 bridgehead atoms. The molecule has 1 fully saturated rings. The molecular formula is C18H28FN5O. The number of rotatable bonds is 5. The van der Waals surface area contributed by atoms with Gasteiger partial charge in [0.25, 0.3) is 0 Å². The fourth-order valence-electron chi connectivity index (χ4n) is 2.85. The van der Waals surface area contributed by atoms with Gasteiger partial charge in [0.1, 0.15) is 5.82 Å². The summed E-state index contributed by atoms with van der Waals surface area (Å²) in [5, 5.41) is 9.11. The second-order valence-electron chi connectivity index (χ2n) is 6.53. The highest BCUT2D eigenvalue weighted by Crippen LogP contribution is 2.12. The second kappa shape index (κ2) is 9.36. The van der Waals surface area contributed by atoms with E-state index in [2.05, 4.69) is 39.7 Å². The summed E-state index contributed by atoms with van der Waals surface area (Å²) in [4.78, 5) is 18.6. The molecule has 0 spiro atoms. The van der Waals surface area contributed by atoms with E-state index in [1.165, 1.54) is 24.3 Å². The van der Waals surface area contributed by atoms with Crippen molar-refractivity contribution < 1.29 is 9.18 Å². The quantitative estimate of drug-likeness (QED) is 0.560. The molecule has 0 aromatic heterocycles. The lowest BCUT2D eigenvalue weighted by molar-refractivity contribution is -0.115. The number of amides is 1. The standard InChI is InChI=1S/C18H28FN5O/c1-13(2)24-10-8-16(9-11-24)23-18(20-3)21-12-17(25)22-15-6-4-14(19)5-7-15/h4-7,13,16H,8-12H2,1-3H3,(H,22,25)(H2,20,21,23). The number of piperidine rings is 1. The minimum absolute atomic E-state index is 0.0991. The zero-order valence-corrected chi connectivity index (χ0v) is 15.2. The fourth-order valence-corrected chi connectivity index (χ4v) is 2.85. The van der Waals surface area contributed by atoms with E-state index in [9.17, 15) is 9.18 Å². The molecule has 0 aliphatic carbocycles. The summed E-state index contributed by atoms with van der Waals surface area (Å²) in [6.07, 6.45) is 2.11. The van der Waals surface area contributed by atoms with E-state index < -0.39 is 0 Å². The number of nitrogens with zero attached hydrogens (tertiary/aromatic N) is 2. The number of anilines is 1. The summed E-state index contributed by atoms with van der Waals surface area (Å²) in [6, 6.07) is 6.63. The number of carbonyl (C=O) groups excluding carboxylic acids is 1. The van der Waals surface area contributed by atoms with Gasteiger partial charge in [0.2, 0.25) is 5.91 Å². The second-order valence-corrected chi connectivity index (χ2v) is 6.53. The molecule has 138 valence electrons. The van der Waals surface area contributed by atoms with E-state index >= 15 is 0 Å². The van der Waals surface area contributed by atoms with Crippen molar-refractivity contribution in [3.63, 3.8) is 0 Å². The third-order valence-corrected chi connectivity index (χ3v) is 4.37. The summed E-state index contributed by atoms with van der Waals surface area (Å²) in [5.41, 5.74) is 0.567. The molecule has 0 radical (unpaired) electrons. The van der Waals surface area contributed by atoms with Crippen molar-refractivity contribution in [2.45, 2.75) is 38.8 Å². The van der Waals surface area contributed by atoms with Crippen LogP contribution in [-0.2, 0) is 4.79 Å². The minimum Gasteiger partial charge on any atom is -0.354 e. The summed E-state index contributed by atoms with van der Waals surface area (Å²) in [6.45, 7) is 6.67. The van der Waals surface area contributed by atoms with Crippen LogP contribution in [0.2, 0.25) is 0 Å². The third-order valence-electron chi connectivity index (χ3n) is 4.37. The van der Waals surface area contributed by atoms with Crippen molar-refractivity contribution in [2.24, 2.45) is 4.99 Å². The molecule has 1 saturated heterocycles. The molecule has 1 aromatic carbocycles. The molecule has 0 unspecified atom stereocenters. The minimum atomic E-state index is -0.329. The topological polar surface area (TPSA) is 68.8 Å². The molecule has 1 heterocycles. The molecule has 0 atom stereocenters. The van der Waals surface area contributed by atoms with Gasteiger partial charge in [-0.05, 0) is 51.0 Å². The maximum atomic E-state index is 12.9. The van der Waals surface area contributed by atoms with Gasteiger partial charge in [0.05, 0.1) is 6.54 Å². The Labute approximate surface area is 148 Å². The molecule has 1 aliphatic heterocycles. The summed E-state index contributed by atoms with van der Waals surface area (Å²) in [7, 11) is 1.69. The first kappa shape index (κ1) is 19.2. The highest BCUT2D eigenvalue weighted by molar-refractivity contribution is 5.94. The van der Waals surface area contributed by atoms with E-state index in [0.717, 1.165) is 25.9 Å².